The first kappa shape index (κ1) is 36.3. The number of carbonyl (C=O) groups excluding carboxylic acids is 2. The van der Waals surface area contributed by atoms with Gasteiger partial charge >= 0.3 is 0 Å². The Kier molecular flexibility index (Phi) is 9.43. The second-order valence-corrected chi connectivity index (χ2v) is 14.3. The Balaban J connectivity index is 1.34. The molecule has 6 heteroatoms. The molecule has 8 aromatic carbocycles. The molecule has 0 atom stereocenters. The van der Waals surface area contributed by atoms with Gasteiger partial charge in [-0.15, -0.1) is 0 Å². The maximum Gasteiger partial charge on any atom is 0.267 e. The van der Waals surface area contributed by atoms with E-state index in [0.717, 1.165) is 66.3 Å². The van der Waals surface area contributed by atoms with Crippen LogP contribution in [0.15, 0.2) is 182 Å². The van der Waals surface area contributed by atoms with Crippen LogP contribution in [0.2, 0.25) is 0 Å². The average Bonchev–Trinajstić information content (AvgIpc) is 3.64. The Morgan fingerprint density at radius 1 is 0.525 bits per heavy atom. The normalized spacial score (nSPS) is 10.9. The lowest BCUT2D eigenvalue weighted by atomic mass is 9.92. The largest absolute Gasteiger partial charge is 0.307 e. The van der Waals surface area contributed by atoms with Gasteiger partial charge in [0.1, 0.15) is 0 Å². The van der Waals surface area contributed by atoms with Gasteiger partial charge in [0, 0.05) is 27.5 Å². The molecule has 9 rings (SSSR count). The predicted octanol–water partition coefficient (Wildman–Crippen LogP) is 12.3. The topological polar surface area (TPSA) is 89.9 Å². The summed E-state index contributed by atoms with van der Waals surface area (Å²) in [4.78, 5) is 30.2. The average molecular weight is 759 g/mol. The van der Waals surface area contributed by atoms with Crippen molar-refractivity contribution >= 4 is 39.8 Å². The molecule has 0 unspecified atom stereocenters. The maximum atomic E-state index is 15.5. The number of aromatic nitrogens is 1. The molecule has 0 N–H and O–H groups in total. The molecule has 9 aromatic rings. The highest BCUT2D eigenvalue weighted by Gasteiger charge is 2.29. The molecule has 0 saturated carbocycles. The smallest absolute Gasteiger partial charge is 0.267 e. The van der Waals surface area contributed by atoms with Crippen molar-refractivity contribution in [2.24, 2.45) is 0 Å². The van der Waals surface area contributed by atoms with Crippen LogP contribution < -0.4 is 4.90 Å². The van der Waals surface area contributed by atoms with Crippen molar-refractivity contribution in [3.63, 3.8) is 0 Å². The second-order valence-electron chi connectivity index (χ2n) is 14.3. The number of carbonyl (C=O) groups is 2. The van der Waals surface area contributed by atoms with Gasteiger partial charge in [0.25, 0.3) is 5.91 Å². The number of rotatable bonds is 8. The molecule has 2 amide bonds. The molecule has 6 nitrogen and oxygen atoms in total. The monoisotopic (exact) mass is 758 g/mol. The summed E-state index contributed by atoms with van der Waals surface area (Å²) in [6, 6.07) is 63.0. The van der Waals surface area contributed by atoms with Gasteiger partial charge < -0.3 is 4.57 Å². The molecular weight excluding hydrogens is 725 g/mol. The van der Waals surface area contributed by atoms with E-state index in [1.165, 1.54) is 4.90 Å². The number of nitrogens with zero attached hydrogens (tertiary/aromatic N) is 4. The summed E-state index contributed by atoms with van der Waals surface area (Å²) in [5.41, 5.74) is 12.0. The number of amides is 2. The predicted molar refractivity (Wildman–Crippen MR) is 236 cm³/mol. The van der Waals surface area contributed by atoms with Crippen LogP contribution in [-0.4, -0.2) is 16.9 Å². The molecule has 0 saturated heterocycles. The minimum Gasteiger partial charge on any atom is -0.307 e. The van der Waals surface area contributed by atoms with Crippen molar-refractivity contribution in [3.8, 4) is 62.3 Å². The van der Waals surface area contributed by atoms with E-state index in [9.17, 15) is 15.3 Å². The fourth-order valence-corrected chi connectivity index (χ4v) is 8.23. The zero-order chi connectivity index (χ0) is 40.5. The standard InChI is InChI=1S/C53H34N4O2/c1-35-12-8-23-48(49(35)53(59)56(34-58)47-22-11-17-42(38-13-4-2-5-14-38)50(47)41-15-6-3-7-16-41)57-51-43(39-28-24-36(32-54)25-29-39)18-9-20-45(51)46-21-10-19-44(52(46)57)40-30-26-37(33-55)27-31-40/h2-31,34H,1H3. The zero-order valence-corrected chi connectivity index (χ0v) is 32.0. The third-order valence-corrected chi connectivity index (χ3v) is 10.9. The van der Waals surface area contributed by atoms with E-state index in [0.29, 0.717) is 40.0 Å². The number of anilines is 1. The third-order valence-electron chi connectivity index (χ3n) is 10.9. The maximum absolute atomic E-state index is 15.5. The van der Waals surface area contributed by atoms with Gasteiger partial charge in [-0.05, 0) is 76.7 Å². The molecule has 0 aliphatic heterocycles. The van der Waals surface area contributed by atoms with E-state index >= 15 is 4.79 Å². The van der Waals surface area contributed by atoms with Gasteiger partial charge in [-0.3, -0.25) is 9.59 Å². The molecule has 0 fully saturated rings. The third kappa shape index (κ3) is 6.32. The molecule has 1 aromatic heterocycles. The van der Waals surface area contributed by atoms with Crippen LogP contribution in [0.1, 0.15) is 27.0 Å². The van der Waals surface area contributed by atoms with E-state index < -0.39 is 5.91 Å². The Hall–Kier alpha value is -8.32. The van der Waals surface area contributed by atoms with Crippen LogP contribution in [0.3, 0.4) is 0 Å². The van der Waals surface area contributed by atoms with E-state index in [1.807, 2.05) is 140 Å². The van der Waals surface area contributed by atoms with Crippen LogP contribution in [-0.2, 0) is 4.79 Å². The minimum atomic E-state index is -0.475. The first-order valence-corrected chi connectivity index (χ1v) is 19.2. The van der Waals surface area contributed by atoms with Crippen LogP contribution >= 0.6 is 0 Å². The number of benzene rings is 8. The Morgan fingerprint density at radius 3 is 1.53 bits per heavy atom. The van der Waals surface area contributed by atoms with Gasteiger partial charge in [-0.1, -0.05) is 146 Å². The highest BCUT2D eigenvalue weighted by atomic mass is 16.2. The Labute approximate surface area is 341 Å². The molecule has 1 heterocycles. The van der Waals surface area contributed by atoms with Crippen LogP contribution in [0.5, 0.6) is 0 Å². The van der Waals surface area contributed by atoms with E-state index in [4.69, 9.17) is 0 Å². The second kappa shape index (κ2) is 15.3. The molecule has 0 aliphatic carbocycles. The molecule has 278 valence electrons. The molecular formula is C53H34N4O2. The fourth-order valence-electron chi connectivity index (χ4n) is 8.23. The summed E-state index contributed by atoms with van der Waals surface area (Å²) < 4.78 is 2.15. The van der Waals surface area contributed by atoms with Crippen LogP contribution in [0.25, 0.3) is 72.0 Å². The molecule has 0 bridgehead atoms. The highest BCUT2D eigenvalue weighted by Crippen LogP contribution is 2.44. The number of para-hydroxylation sites is 2. The highest BCUT2D eigenvalue weighted by molar-refractivity contribution is 6.22. The quantitative estimate of drug-likeness (QED) is 0.144. The Bertz CT molecular complexity index is 3040. The lowest BCUT2D eigenvalue weighted by Crippen LogP contribution is -2.31. The number of nitriles is 2. The van der Waals surface area contributed by atoms with Gasteiger partial charge in [-0.25, -0.2) is 4.90 Å². The van der Waals surface area contributed by atoms with Crippen molar-refractivity contribution in [1.82, 2.24) is 4.57 Å². The molecule has 59 heavy (non-hydrogen) atoms. The summed E-state index contributed by atoms with van der Waals surface area (Å²) in [6.45, 7) is 1.90. The summed E-state index contributed by atoms with van der Waals surface area (Å²) in [5.74, 6) is -0.475. The number of fused-ring (bicyclic) bond motifs is 3. The van der Waals surface area contributed by atoms with E-state index in [2.05, 4.69) is 41.0 Å². The first-order valence-electron chi connectivity index (χ1n) is 19.2. The van der Waals surface area contributed by atoms with Gasteiger partial charge in [0.15, 0.2) is 0 Å². The zero-order valence-electron chi connectivity index (χ0n) is 32.0. The fraction of sp³-hybridized carbons (Fsp3) is 0.0189. The van der Waals surface area contributed by atoms with Crippen molar-refractivity contribution < 1.29 is 9.59 Å². The number of imide groups is 1. The van der Waals surface area contributed by atoms with Crippen LogP contribution in [0.4, 0.5) is 5.69 Å². The van der Waals surface area contributed by atoms with Gasteiger partial charge in [0.05, 0.1) is 51.2 Å². The van der Waals surface area contributed by atoms with Crippen molar-refractivity contribution in [2.75, 3.05) is 4.90 Å². The number of hydrogen-bond acceptors (Lipinski definition) is 4. The van der Waals surface area contributed by atoms with E-state index in [1.54, 1.807) is 24.3 Å². The summed E-state index contributed by atoms with van der Waals surface area (Å²) in [7, 11) is 0. The summed E-state index contributed by atoms with van der Waals surface area (Å²) >= 11 is 0. The van der Waals surface area contributed by atoms with Crippen molar-refractivity contribution in [2.45, 2.75) is 6.92 Å². The summed E-state index contributed by atoms with van der Waals surface area (Å²) in [6.07, 6.45) is 0.616. The van der Waals surface area contributed by atoms with Crippen LogP contribution in [0, 0.1) is 29.6 Å². The first-order chi connectivity index (χ1) is 29.0. The SMILES string of the molecule is Cc1cccc(-n2c3c(-c4ccc(C#N)cc4)cccc3c3cccc(-c4ccc(C#N)cc4)c32)c1C(=O)N(C=O)c1cccc(-c2ccccc2)c1-c1ccccc1. The lowest BCUT2D eigenvalue weighted by Gasteiger charge is -2.25. The minimum absolute atomic E-state index is 0.367. The lowest BCUT2D eigenvalue weighted by molar-refractivity contribution is -0.106. The molecule has 0 spiro atoms. The molecule has 0 aliphatic rings. The molecule has 0 radical (unpaired) electrons. The van der Waals surface area contributed by atoms with E-state index in [-0.39, 0.29) is 0 Å². The van der Waals surface area contributed by atoms with Gasteiger partial charge in [0.2, 0.25) is 6.41 Å². The summed E-state index contributed by atoms with van der Waals surface area (Å²) in [5, 5.41) is 21.1. The number of aryl methyl sites for hydroxylation is 1. The van der Waals surface area contributed by atoms with Crippen molar-refractivity contribution in [1.29, 1.82) is 10.5 Å². The van der Waals surface area contributed by atoms with Gasteiger partial charge in [-0.2, -0.15) is 10.5 Å². The van der Waals surface area contributed by atoms with Crippen molar-refractivity contribution in [3.05, 3.63) is 204 Å². The Morgan fingerprint density at radius 2 is 1.00 bits per heavy atom. The number of hydrogen-bond donors (Lipinski definition) is 0.